The summed E-state index contributed by atoms with van der Waals surface area (Å²) in [4.78, 5) is 0. The van der Waals surface area contributed by atoms with Gasteiger partial charge in [0.15, 0.2) is 0 Å². The predicted octanol–water partition coefficient (Wildman–Crippen LogP) is 4.19. The first-order valence-corrected chi connectivity index (χ1v) is 6.61. The van der Waals surface area contributed by atoms with Crippen molar-refractivity contribution in [1.29, 1.82) is 0 Å². The van der Waals surface area contributed by atoms with Gasteiger partial charge in [0.2, 0.25) is 0 Å². The second kappa shape index (κ2) is 5.10. The number of rotatable bonds is 3. The Labute approximate surface area is 117 Å². The molecule has 1 atom stereocenters. The highest BCUT2D eigenvalue weighted by atomic mass is 19.1. The van der Waals surface area contributed by atoms with Crippen LogP contribution in [0.2, 0.25) is 0 Å². The van der Waals surface area contributed by atoms with Crippen molar-refractivity contribution in [3.05, 3.63) is 71.2 Å². The lowest BCUT2D eigenvalue weighted by Crippen LogP contribution is -2.18. The Morgan fingerprint density at radius 3 is 2.60 bits per heavy atom. The van der Waals surface area contributed by atoms with E-state index >= 15 is 0 Å². The largest absolute Gasteiger partial charge is 0.459 e. The SMILES string of the molecule is CNC(c1cc2ccccc2o1)c1ccc(C)cc1F. The van der Waals surface area contributed by atoms with Crippen molar-refractivity contribution in [2.24, 2.45) is 0 Å². The predicted molar refractivity (Wildman–Crippen MR) is 78.3 cm³/mol. The minimum Gasteiger partial charge on any atom is -0.459 e. The van der Waals surface area contributed by atoms with Crippen molar-refractivity contribution in [3.63, 3.8) is 0 Å². The monoisotopic (exact) mass is 269 g/mol. The molecule has 0 aliphatic rings. The average Bonchev–Trinajstić information content (AvgIpc) is 2.85. The number of nitrogens with one attached hydrogen (secondary N) is 1. The van der Waals surface area contributed by atoms with Gasteiger partial charge in [-0.05, 0) is 37.7 Å². The van der Waals surface area contributed by atoms with Crippen LogP contribution < -0.4 is 5.32 Å². The van der Waals surface area contributed by atoms with Gasteiger partial charge in [-0.25, -0.2) is 4.39 Å². The van der Waals surface area contributed by atoms with Gasteiger partial charge in [0, 0.05) is 10.9 Å². The first-order valence-electron chi connectivity index (χ1n) is 6.61. The summed E-state index contributed by atoms with van der Waals surface area (Å²) in [6, 6.07) is 14.7. The lowest BCUT2D eigenvalue weighted by atomic mass is 10.0. The number of fused-ring (bicyclic) bond motifs is 1. The summed E-state index contributed by atoms with van der Waals surface area (Å²) in [5, 5.41) is 4.15. The molecule has 3 rings (SSSR count). The molecular weight excluding hydrogens is 253 g/mol. The van der Waals surface area contributed by atoms with Crippen LogP contribution in [0, 0.1) is 12.7 Å². The van der Waals surface area contributed by atoms with Crippen molar-refractivity contribution in [3.8, 4) is 0 Å². The highest BCUT2D eigenvalue weighted by Gasteiger charge is 2.20. The summed E-state index contributed by atoms with van der Waals surface area (Å²) in [5.74, 6) is 0.501. The standard InChI is InChI=1S/C17H16FNO/c1-11-7-8-13(14(18)9-11)17(19-2)16-10-12-5-3-4-6-15(12)20-16/h3-10,17,19H,1-2H3. The Morgan fingerprint density at radius 1 is 1.10 bits per heavy atom. The molecule has 20 heavy (non-hydrogen) atoms. The Morgan fingerprint density at radius 2 is 1.90 bits per heavy atom. The molecular formula is C17H16FNO. The van der Waals surface area contributed by atoms with E-state index in [1.54, 1.807) is 19.2 Å². The van der Waals surface area contributed by atoms with Crippen molar-refractivity contribution < 1.29 is 8.81 Å². The van der Waals surface area contributed by atoms with E-state index in [4.69, 9.17) is 4.42 Å². The van der Waals surface area contributed by atoms with Gasteiger partial charge in [-0.2, -0.15) is 0 Å². The molecule has 1 aromatic heterocycles. The van der Waals surface area contributed by atoms with E-state index in [-0.39, 0.29) is 11.9 Å². The molecule has 0 saturated heterocycles. The van der Waals surface area contributed by atoms with E-state index in [2.05, 4.69) is 5.32 Å². The van der Waals surface area contributed by atoms with Crippen molar-refractivity contribution in [2.45, 2.75) is 13.0 Å². The molecule has 0 radical (unpaired) electrons. The van der Waals surface area contributed by atoms with Crippen LogP contribution in [-0.2, 0) is 0 Å². The van der Waals surface area contributed by atoms with Crippen LogP contribution in [0.3, 0.4) is 0 Å². The highest BCUT2D eigenvalue weighted by Crippen LogP contribution is 2.29. The van der Waals surface area contributed by atoms with Crippen LogP contribution in [0.15, 0.2) is 52.9 Å². The molecule has 3 heteroatoms. The molecule has 3 aromatic rings. The topological polar surface area (TPSA) is 25.2 Å². The molecule has 0 spiro atoms. The summed E-state index contributed by atoms with van der Waals surface area (Å²) in [6.07, 6.45) is 0. The summed E-state index contributed by atoms with van der Waals surface area (Å²) >= 11 is 0. The van der Waals surface area contributed by atoms with Gasteiger partial charge >= 0.3 is 0 Å². The maximum Gasteiger partial charge on any atom is 0.134 e. The third-order valence-corrected chi connectivity index (χ3v) is 3.48. The molecule has 0 saturated carbocycles. The number of hydrogen-bond acceptors (Lipinski definition) is 2. The van der Waals surface area contributed by atoms with Gasteiger partial charge < -0.3 is 9.73 Å². The van der Waals surface area contributed by atoms with Crippen LogP contribution in [-0.4, -0.2) is 7.05 Å². The van der Waals surface area contributed by atoms with Crippen LogP contribution >= 0.6 is 0 Å². The van der Waals surface area contributed by atoms with Crippen LogP contribution in [0.4, 0.5) is 4.39 Å². The fourth-order valence-electron chi connectivity index (χ4n) is 2.46. The van der Waals surface area contributed by atoms with E-state index in [0.29, 0.717) is 5.56 Å². The zero-order valence-electron chi connectivity index (χ0n) is 11.5. The molecule has 0 amide bonds. The Hall–Kier alpha value is -2.13. The molecule has 1 N–H and O–H groups in total. The fourth-order valence-corrected chi connectivity index (χ4v) is 2.46. The van der Waals surface area contributed by atoms with Gasteiger partial charge in [-0.1, -0.05) is 30.3 Å². The molecule has 1 heterocycles. The number of aryl methyl sites for hydroxylation is 1. The number of para-hydroxylation sites is 1. The van der Waals surface area contributed by atoms with Crippen molar-refractivity contribution in [2.75, 3.05) is 7.05 Å². The van der Waals surface area contributed by atoms with Gasteiger partial charge in [-0.15, -0.1) is 0 Å². The highest BCUT2D eigenvalue weighted by molar-refractivity contribution is 5.78. The van der Waals surface area contributed by atoms with Crippen LogP contribution in [0.5, 0.6) is 0 Å². The number of furan rings is 1. The molecule has 2 nitrogen and oxygen atoms in total. The quantitative estimate of drug-likeness (QED) is 0.771. The van der Waals surface area contributed by atoms with Gasteiger partial charge in [0.05, 0.1) is 6.04 Å². The molecule has 2 aromatic carbocycles. The first kappa shape index (κ1) is 12.9. The fraction of sp³-hybridized carbons (Fsp3) is 0.176. The van der Waals surface area contributed by atoms with Crippen molar-refractivity contribution in [1.82, 2.24) is 5.32 Å². The molecule has 102 valence electrons. The van der Waals surface area contributed by atoms with E-state index in [9.17, 15) is 4.39 Å². The first-order chi connectivity index (χ1) is 9.69. The smallest absolute Gasteiger partial charge is 0.134 e. The second-order valence-corrected chi connectivity index (χ2v) is 4.93. The maximum absolute atomic E-state index is 14.1. The van der Waals surface area contributed by atoms with E-state index in [0.717, 1.165) is 22.3 Å². The van der Waals surface area contributed by atoms with Crippen molar-refractivity contribution >= 4 is 11.0 Å². The zero-order chi connectivity index (χ0) is 14.1. The summed E-state index contributed by atoms with van der Waals surface area (Å²) in [6.45, 7) is 1.88. The summed E-state index contributed by atoms with van der Waals surface area (Å²) in [7, 11) is 1.80. The summed E-state index contributed by atoms with van der Waals surface area (Å²) in [5.41, 5.74) is 2.32. The van der Waals surface area contributed by atoms with E-state index in [1.807, 2.05) is 43.3 Å². The van der Waals surface area contributed by atoms with Gasteiger partial charge in [-0.3, -0.25) is 0 Å². The molecule has 0 fully saturated rings. The molecule has 0 aliphatic heterocycles. The summed E-state index contributed by atoms with van der Waals surface area (Å²) < 4.78 is 20.0. The maximum atomic E-state index is 14.1. The Balaban J connectivity index is 2.08. The number of hydrogen-bond donors (Lipinski definition) is 1. The number of halogens is 1. The van der Waals surface area contributed by atoms with Crippen LogP contribution in [0.25, 0.3) is 11.0 Å². The molecule has 0 aliphatic carbocycles. The normalized spacial score (nSPS) is 12.8. The number of benzene rings is 2. The molecule has 1 unspecified atom stereocenters. The molecule has 0 bridgehead atoms. The third kappa shape index (κ3) is 2.21. The van der Waals surface area contributed by atoms with Gasteiger partial charge in [0.1, 0.15) is 17.2 Å². The van der Waals surface area contributed by atoms with E-state index in [1.165, 1.54) is 0 Å². The lowest BCUT2D eigenvalue weighted by Gasteiger charge is -2.15. The minimum atomic E-state index is -0.289. The zero-order valence-corrected chi connectivity index (χ0v) is 11.5. The van der Waals surface area contributed by atoms with Gasteiger partial charge in [0.25, 0.3) is 0 Å². The minimum absolute atomic E-state index is 0.218. The average molecular weight is 269 g/mol. The Bertz CT molecular complexity index is 715. The third-order valence-electron chi connectivity index (χ3n) is 3.48. The Kier molecular flexibility index (Phi) is 3.28. The second-order valence-electron chi connectivity index (χ2n) is 4.93. The lowest BCUT2D eigenvalue weighted by molar-refractivity contribution is 0.476. The van der Waals surface area contributed by atoms with Crippen LogP contribution in [0.1, 0.15) is 22.9 Å². The van der Waals surface area contributed by atoms with E-state index < -0.39 is 0 Å².